The molecule has 0 saturated carbocycles. The van der Waals surface area contributed by atoms with E-state index in [4.69, 9.17) is 22.7 Å². The summed E-state index contributed by atoms with van der Waals surface area (Å²) in [6.07, 6.45) is 0.169. The molecule has 0 radical (unpaired) electrons. The van der Waals surface area contributed by atoms with E-state index in [9.17, 15) is 0 Å². The van der Waals surface area contributed by atoms with Gasteiger partial charge < -0.3 is 15.8 Å². The van der Waals surface area contributed by atoms with Gasteiger partial charge in [0, 0.05) is 29.4 Å². The van der Waals surface area contributed by atoms with E-state index in [0.717, 1.165) is 22.3 Å². The highest BCUT2D eigenvalue weighted by Crippen LogP contribution is 2.23. The third kappa shape index (κ3) is 3.73. The van der Waals surface area contributed by atoms with Gasteiger partial charge in [-0.2, -0.15) is 0 Å². The fraction of sp³-hybridized carbons (Fsp3) is 0.364. The summed E-state index contributed by atoms with van der Waals surface area (Å²) in [5.74, 6) is 0. The smallest absolute Gasteiger partial charge is 0.104 e. The van der Waals surface area contributed by atoms with Crippen molar-refractivity contribution in [2.24, 2.45) is 5.73 Å². The molecule has 1 unspecified atom stereocenters. The van der Waals surface area contributed by atoms with Crippen LogP contribution < -0.4 is 11.1 Å². The highest BCUT2D eigenvalue weighted by molar-refractivity contribution is 9.10. The van der Waals surface area contributed by atoms with Gasteiger partial charge in [-0.25, -0.2) is 0 Å². The van der Waals surface area contributed by atoms with Crippen molar-refractivity contribution in [3.63, 3.8) is 0 Å². The Morgan fingerprint density at radius 3 is 2.81 bits per heavy atom. The van der Waals surface area contributed by atoms with E-state index >= 15 is 0 Å². The maximum atomic E-state index is 5.55. The first-order valence-electron chi connectivity index (χ1n) is 4.90. The Balaban J connectivity index is 2.72. The third-order valence-corrected chi connectivity index (χ3v) is 3.13. The van der Waals surface area contributed by atoms with Crippen LogP contribution in [0.25, 0.3) is 0 Å². The number of rotatable bonds is 5. The van der Waals surface area contributed by atoms with Gasteiger partial charge in [0.25, 0.3) is 0 Å². The SMILES string of the molecule is COC(C)CNc1ccc(C(N)=S)cc1Br. The molecular formula is C11H15BrN2OS. The van der Waals surface area contributed by atoms with Crippen LogP contribution in [0.2, 0.25) is 0 Å². The lowest BCUT2D eigenvalue weighted by Gasteiger charge is -2.13. The Morgan fingerprint density at radius 1 is 1.62 bits per heavy atom. The van der Waals surface area contributed by atoms with E-state index in [2.05, 4.69) is 21.2 Å². The van der Waals surface area contributed by atoms with Crippen LogP contribution in [-0.4, -0.2) is 24.7 Å². The molecule has 88 valence electrons. The largest absolute Gasteiger partial charge is 0.389 e. The number of methoxy groups -OCH3 is 1. The Morgan fingerprint density at radius 2 is 2.31 bits per heavy atom. The van der Waals surface area contributed by atoms with Crippen LogP contribution in [-0.2, 0) is 4.74 Å². The summed E-state index contributed by atoms with van der Waals surface area (Å²) in [7, 11) is 1.69. The molecule has 1 aromatic rings. The second-order valence-corrected chi connectivity index (χ2v) is 4.78. The monoisotopic (exact) mass is 302 g/mol. The van der Waals surface area contributed by atoms with Crippen LogP contribution in [0.4, 0.5) is 5.69 Å². The van der Waals surface area contributed by atoms with Crippen LogP contribution >= 0.6 is 28.1 Å². The minimum absolute atomic E-state index is 0.169. The lowest BCUT2D eigenvalue weighted by molar-refractivity contribution is 0.129. The molecule has 3 nitrogen and oxygen atoms in total. The van der Waals surface area contributed by atoms with Crippen molar-refractivity contribution < 1.29 is 4.74 Å². The van der Waals surface area contributed by atoms with Crippen molar-refractivity contribution in [3.05, 3.63) is 28.2 Å². The molecule has 1 rings (SSSR count). The molecule has 0 aliphatic rings. The minimum Gasteiger partial charge on any atom is -0.389 e. The van der Waals surface area contributed by atoms with Gasteiger partial charge in [0.1, 0.15) is 4.99 Å². The lowest BCUT2D eigenvalue weighted by atomic mass is 10.2. The molecule has 0 aliphatic heterocycles. The van der Waals surface area contributed by atoms with E-state index < -0.39 is 0 Å². The normalized spacial score (nSPS) is 12.2. The summed E-state index contributed by atoms with van der Waals surface area (Å²) in [6.45, 7) is 2.76. The molecule has 0 aromatic heterocycles. The average molecular weight is 303 g/mol. The second-order valence-electron chi connectivity index (χ2n) is 3.49. The molecule has 0 saturated heterocycles. The van der Waals surface area contributed by atoms with Crippen LogP contribution in [0.3, 0.4) is 0 Å². The fourth-order valence-corrected chi connectivity index (χ4v) is 1.79. The van der Waals surface area contributed by atoms with Gasteiger partial charge in [-0.1, -0.05) is 12.2 Å². The summed E-state index contributed by atoms with van der Waals surface area (Å²) in [5, 5.41) is 3.27. The first kappa shape index (κ1) is 13.4. The average Bonchev–Trinajstić information content (AvgIpc) is 2.26. The first-order valence-corrected chi connectivity index (χ1v) is 6.10. The molecular weight excluding hydrogens is 288 g/mol. The standard InChI is InChI=1S/C11H15BrN2OS/c1-7(15-2)6-14-10-4-3-8(11(13)16)5-9(10)12/h3-5,7,14H,6H2,1-2H3,(H2,13,16). The van der Waals surface area contributed by atoms with Gasteiger partial charge in [-0.15, -0.1) is 0 Å². The summed E-state index contributed by atoms with van der Waals surface area (Å²) in [5.41, 5.74) is 7.40. The Kier molecular flexibility index (Phi) is 5.18. The lowest BCUT2D eigenvalue weighted by Crippen LogP contribution is -2.18. The van der Waals surface area contributed by atoms with Crippen LogP contribution in [0.1, 0.15) is 12.5 Å². The summed E-state index contributed by atoms with van der Waals surface area (Å²) < 4.78 is 6.10. The fourth-order valence-electron chi connectivity index (χ4n) is 1.15. The number of nitrogens with one attached hydrogen (secondary N) is 1. The maximum Gasteiger partial charge on any atom is 0.104 e. The number of benzene rings is 1. The molecule has 1 aromatic carbocycles. The predicted octanol–water partition coefficient (Wildman–Crippen LogP) is 2.53. The van der Waals surface area contributed by atoms with E-state index in [-0.39, 0.29) is 6.10 Å². The number of anilines is 1. The zero-order valence-corrected chi connectivity index (χ0v) is 11.7. The number of ether oxygens (including phenoxy) is 1. The first-order chi connectivity index (χ1) is 7.54. The topological polar surface area (TPSA) is 47.3 Å². The Labute approximate surface area is 109 Å². The van der Waals surface area contributed by atoms with E-state index in [1.165, 1.54) is 0 Å². The Bertz CT molecular complexity index is 384. The van der Waals surface area contributed by atoms with Crippen molar-refractivity contribution in [1.82, 2.24) is 0 Å². The summed E-state index contributed by atoms with van der Waals surface area (Å²) in [6, 6.07) is 5.75. The summed E-state index contributed by atoms with van der Waals surface area (Å²) in [4.78, 5) is 0.400. The highest BCUT2D eigenvalue weighted by atomic mass is 79.9. The molecule has 0 bridgehead atoms. The molecule has 1 atom stereocenters. The van der Waals surface area contributed by atoms with E-state index in [1.54, 1.807) is 7.11 Å². The Hall–Kier alpha value is -0.650. The molecule has 5 heteroatoms. The van der Waals surface area contributed by atoms with Gasteiger partial charge in [0.05, 0.1) is 6.10 Å². The molecule has 16 heavy (non-hydrogen) atoms. The minimum atomic E-state index is 0.169. The molecule has 0 heterocycles. The van der Waals surface area contributed by atoms with Crippen molar-refractivity contribution in [2.75, 3.05) is 19.0 Å². The van der Waals surface area contributed by atoms with Gasteiger partial charge in [0.15, 0.2) is 0 Å². The number of thiocarbonyl (C=S) groups is 1. The second kappa shape index (κ2) is 6.18. The zero-order chi connectivity index (χ0) is 12.1. The number of hydrogen-bond acceptors (Lipinski definition) is 3. The quantitative estimate of drug-likeness (QED) is 0.821. The maximum absolute atomic E-state index is 5.55. The molecule has 3 N–H and O–H groups in total. The van der Waals surface area contributed by atoms with Crippen LogP contribution in [0.5, 0.6) is 0 Å². The third-order valence-electron chi connectivity index (χ3n) is 2.24. The van der Waals surface area contributed by atoms with Crippen molar-refractivity contribution >= 4 is 38.8 Å². The molecule has 0 fully saturated rings. The van der Waals surface area contributed by atoms with Crippen molar-refractivity contribution in [2.45, 2.75) is 13.0 Å². The summed E-state index contributed by atoms with van der Waals surface area (Å²) >= 11 is 8.38. The van der Waals surface area contributed by atoms with Gasteiger partial charge in [-0.3, -0.25) is 0 Å². The zero-order valence-electron chi connectivity index (χ0n) is 9.29. The molecule has 0 aliphatic carbocycles. The number of halogens is 1. The van der Waals surface area contributed by atoms with Crippen LogP contribution in [0, 0.1) is 0 Å². The van der Waals surface area contributed by atoms with E-state index in [0.29, 0.717) is 4.99 Å². The molecule has 0 spiro atoms. The van der Waals surface area contributed by atoms with Crippen LogP contribution in [0.15, 0.2) is 22.7 Å². The van der Waals surface area contributed by atoms with Gasteiger partial charge >= 0.3 is 0 Å². The highest BCUT2D eigenvalue weighted by Gasteiger charge is 2.04. The number of hydrogen-bond donors (Lipinski definition) is 2. The van der Waals surface area contributed by atoms with Crippen molar-refractivity contribution in [1.29, 1.82) is 0 Å². The van der Waals surface area contributed by atoms with Crippen molar-refractivity contribution in [3.8, 4) is 0 Å². The molecule has 0 amide bonds. The van der Waals surface area contributed by atoms with Gasteiger partial charge in [-0.05, 0) is 41.1 Å². The predicted molar refractivity (Wildman–Crippen MR) is 75.0 cm³/mol. The number of nitrogens with two attached hydrogens (primary N) is 1. The van der Waals surface area contributed by atoms with E-state index in [1.807, 2.05) is 25.1 Å². The van der Waals surface area contributed by atoms with Gasteiger partial charge in [0.2, 0.25) is 0 Å².